The highest BCUT2D eigenvalue weighted by Crippen LogP contribution is 2.32. The summed E-state index contributed by atoms with van der Waals surface area (Å²) in [5, 5.41) is 13.0. The van der Waals surface area contributed by atoms with E-state index in [4.69, 9.17) is 0 Å². The van der Waals surface area contributed by atoms with Gasteiger partial charge < -0.3 is 0 Å². The Balaban J connectivity index is 2.41. The number of aromatic nitrogens is 4. The highest BCUT2D eigenvalue weighted by atomic mass is 15.4. The molecule has 2 heterocycles. The fourth-order valence-corrected chi connectivity index (χ4v) is 2.59. The average Bonchev–Trinajstić information content (AvgIpc) is 2.81. The van der Waals surface area contributed by atoms with Crippen LogP contribution in [-0.4, -0.2) is 19.8 Å². The van der Waals surface area contributed by atoms with Crippen molar-refractivity contribution in [1.29, 1.82) is 0 Å². The zero-order valence-corrected chi connectivity index (χ0v) is 11.6. The maximum atomic E-state index is 4.39. The molecule has 4 nitrogen and oxygen atoms in total. The molecule has 2 aromatic heterocycles. The van der Waals surface area contributed by atoms with E-state index in [0.717, 1.165) is 30.7 Å². The summed E-state index contributed by atoms with van der Waals surface area (Å²) in [5.41, 5.74) is 0.921. The highest BCUT2D eigenvalue weighted by Gasteiger charge is 2.30. The summed E-state index contributed by atoms with van der Waals surface area (Å²) < 4.78 is 1.89. The Morgan fingerprint density at radius 2 is 2.00 bits per heavy atom. The first-order valence-corrected chi connectivity index (χ1v) is 6.88. The lowest BCUT2D eigenvalue weighted by molar-refractivity contribution is 0.355. The van der Waals surface area contributed by atoms with Crippen molar-refractivity contribution >= 4 is 5.65 Å². The van der Waals surface area contributed by atoms with Crippen molar-refractivity contribution in [3.05, 3.63) is 24.2 Å². The van der Waals surface area contributed by atoms with Crippen LogP contribution in [0.1, 0.15) is 58.7 Å². The molecule has 98 valence electrons. The zero-order valence-electron chi connectivity index (χ0n) is 11.6. The van der Waals surface area contributed by atoms with E-state index in [0.29, 0.717) is 0 Å². The minimum absolute atomic E-state index is 0.0819. The maximum Gasteiger partial charge on any atom is 0.177 e. The molecule has 0 aromatic carbocycles. The molecule has 0 fully saturated rings. The summed E-state index contributed by atoms with van der Waals surface area (Å²) in [6.45, 7) is 6.74. The van der Waals surface area contributed by atoms with Crippen LogP contribution in [0.15, 0.2) is 18.3 Å². The van der Waals surface area contributed by atoms with Crippen LogP contribution in [0.25, 0.3) is 5.65 Å². The van der Waals surface area contributed by atoms with Crippen molar-refractivity contribution in [2.45, 2.75) is 58.3 Å². The van der Waals surface area contributed by atoms with E-state index in [-0.39, 0.29) is 5.41 Å². The smallest absolute Gasteiger partial charge is 0.177 e. The predicted molar refractivity (Wildman–Crippen MR) is 72.6 cm³/mol. The summed E-state index contributed by atoms with van der Waals surface area (Å²) in [6, 6.07) is 3.85. The van der Waals surface area contributed by atoms with Crippen LogP contribution in [0.5, 0.6) is 0 Å². The Kier molecular flexibility index (Phi) is 3.94. The van der Waals surface area contributed by atoms with Gasteiger partial charge in [0.2, 0.25) is 0 Å². The minimum Gasteiger partial charge on any atom is -0.197 e. The topological polar surface area (TPSA) is 43.1 Å². The molecule has 0 amide bonds. The summed E-state index contributed by atoms with van der Waals surface area (Å²) in [4.78, 5) is 0. The van der Waals surface area contributed by atoms with Crippen molar-refractivity contribution < 1.29 is 0 Å². The second-order valence-corrected chi connectivity index (χ2v) is 5.23. The molecule has 0 bridgehead atoms. The lowest BCUT2D eigenvalue weighted by Gasteiger charge is -2.26. The van der Waals surface area contributed by atoms with Crippen LogP contribution in [0.3, 0.4) is 0 Å². The van der Waals surface area contributed by atoms with E-state index in [9.17, 15) is 0 Å². The van der Waals surface area contributed by atoms with E-state index in [1.54, 1.807) is 6.20 Å². The third-order valence-electron chi connectivity index (χ3n) is 3.60. The first-order chi connectivity index (χ1) is 8.71. The Labute approximate surface area is 108 Å². The molecule has 4 heteroatoms. The van der Waals surface area contributed by atoms with Crippen molar-refractivity contribution in [3.8, 4) is 0 Å². The van der Waals surface area contributed by atoms with E-state index in [2.05, 4.69) is 36.1 Å². The molecule has 0 saturated heterocycles. The molecule has 2 rings (SSSR count). The van der Waals surface area contributed by atoms with Crippen LogP contribution in [0.2, 0.25) is 0 Å². The van der Waals surface area contributed by atoms with Crippen molar-refractivity contribution in [3.63, 3.8) is 0 Å². The van der Waals surface area contributed by atoms with E-state index in [1.807, 2.05) is 16.6 Å². The molecule has 0 radical (unpaired) electrons. The van der Waals surface area contributed by atoms with Crippen molar-refractivity contribution in [2.24, 2.45) is 0 Å². The van der Waals surface area contributed by atoms with E-state index < -0.39 is 0 Å². The third-order valence-corrected chi connectivity index (χ3v) is 3.60. The van der Waals surface area contributed by atoms with Crippen molar-refractivity contribution in [2.75, 3.05) is 0 Å². The fraction of sp³-hybridized carbons (Fsp3) is 0.643. The van der Waals surface area contributed by atoms with Gasteiger partial charge in [-0.1, -0.05) is 40.0 Å². The molecule has 2 aromatic rings. The quantitative estimate of drug-likeness (QED) is 0.784. The normalized spacial score (nSPS) is 14.8. The molecule has 0 spiro atoms. The minimum atomic E-state index is 0.0819. The van der Waals surface area contributed by atoms with Gasteiger partial charge in [-0.3, -0.25) is 0 Å². The SMILES string of the molecule is CCCCC(C)(CCC)c1nnc2cccnn12. The molecule has 1 unspecified atom stereocenters. The second-order valence-electron chi connectivity index (χ2n) is 5.23. The molecular weight excluding hydrogens is 224 g/mol. The van der Waals surface area contributed by atoms with Crippen LogP contribution in [0, 0.1) is 0 Å². The number of nitrogens with zero attached hydrogens (tertiary/aromatic N) is 4. The Morgan fingerprint density at radius 3 is 2.72 bits per heavy atom. The highest BCUT2D eigenvalue weighted by molar-refractivity contribution is 5.36. The fourth-order valence-electron chi connectivity index (χ4n) is 2.59. The van der Waals surface area contributed by atoms with Gasteiger partial charge >= 0.3 is 0 Å². The summed E-state index contributed by atoms with van der Waals surface area (Å²) in [6.07, 6.45) is 7.66. The maximum absolute atomic E-state index is 4.39. The number of unbranched alkanes of at least 4 members (excludes halogenated alkanes) is 1. The standard InChI is InChI=1S/C14H22N4/c1-4-6-10-14(3,9-5-2)13-17-16-12-8-7-11-15-18(12)13/h7-8,11H,4-6,9-10H2,1-3H3. The molecule has 0 aliphatic carbocycles. The van der Waals surface area contributed by atoms with Gasteiger partial charge in [0.25, 0.3) is 0 Å². The first kappa shape index (κ1) is 13.0. The number of hydrogen-bond acceptors (Lipinski definition) is 3. The van der Waals surface area contributed by atoms with E-state index >= 15 is 0 Å². The van der Waals surface area contributed by atoms with Gasteiger partial charge in [0, 0.05) is 11.6 Å². The number of hydrogen-bond donors (Lipinski definition) is 0. The monoisotopic (exact) mass is 246 g/mol. The summed E-state index contributed by atoms with van der Waals surface area (Å²) in [5.74, 6) is 1.01. The van der Waals surface area contributed by atoms with Gasteiger partial charge in [0.1, 0.15) is 0 Å². The average molecular weight is 246 g/mol. The Hall–Kier alpha value is -1.45. The summed E-state index contributed by atoms with van der Waals surface area (Å²) in [7, 11) is 0. The van der Waals surface area contributed by atoms with Gasteiger partial charge in [0.05, 0.1) is 0 Å². The third kappa shape index (κ3) is 2.37. The molecular formula is C14H22N4. The van der Waals surface area contributed by atoms with Gasteiger partial charge in [-0.15, -0.1) is 10.2 Å². The van der Waals surface area contributed by atoms with Crippen LogP contribution in [-0.2, 0) is 5.41 Å². The van der Waals surface area contributed by atoms with E-state index in [1.165, 1.54) is 12.8 Å². The molecule has 0 aliphatic rings. The molecule has 18 heavy (non-hydrogen) atoms. The first-order valence-electron chi connectivity index (χ1n) is 6.88. The molecule has 0 N–H and O–H groups in total. The zero-order chi connectivity index (χ0) is 13.0. The Morgan fingerprint density at radius 1 is 1.17 bits per heavy atom. The number of fused-ring (bicyclic) bond motifs is 1. The van der Waals surface area contributed by atoms with Gasteiger partial charge in [0.15, 0.2) is 11.5 Å². The predicted octanol–water partition coefficient (Wildman–Crippen LogP) is 3.37. The lowest BCUT2D eigenvalue weighted by Crippen LogP contribution is -2.25. The molecule has 0 aliphatic heterocycles. The molecule has 1 atom stereocenters. The second kappa shape index (κ2) is 5.46. The van der Waals surface area contributed by atoms with Gasteiger partial charge in [-0.05, 0) is 25.0 Å². The van der Waals surface area contributed by atoms with Gasteiger partial charge in [-0.2, -0.15) is 9.61 Å². The lowest BCUT2D eigenvalue weighted by atomic mass is 9.80. The van der Waals surface area contributed by atoms with Crippen molar-refractivity contribution in [1.82, 2.24) is 19.8 Å². The summed E-state index contributed by atoms with van der Waals surface area (Å²) >= 11 is 0. The van der Waals surface area contributed by atoms with Crippen LogP contribution in [0.4, 0.5) is 0 Å². The molecule has 0 saturated carbocycles. The Bertz CT molecular complexity index is 505. The number of rotatable bonds is 6. The van der Waals surface area contributed by atoms with Crippen LogP contribution < -0.4 is 0 Å². The largest absolute Gasteiger partial charge is 0.197 e. The van der Waals surface area contributed by atoms with Crippen LogP contribution >= 0.6 is 0 Å². The van der Waals surface area contributed by atoms with Gasteiger partial charge in [-0.25, -0.2) is 0 Å².